The summed E-state index contributed by atoms with van der Waals surface area (Å²) in [6, 6.07) is 42.4. The van der Waals surface area contributed by atoms with E-state index in [1.807, 2.05) is 73.9 Å². The molecule has 18 nitrogen and oxygen atoms in total. The average molecular weight is 1290 g/mol. The fourth-order valence-corrected chi connectivity index (χ4v) is 16.6. The first-order valence-electron chi connectivity index (χ1n) is 32.7. The molecule has 15 rings (SSSR count). The molecular formula is C73H80ClN13O5S. The van der Waals surface area contributed by atoms with Gasteiger partial charge < -0.3 is 40.2 Å². The zero-order valence-corrected chi connectivity index (χ0v) is 54.3. The van der Waals surface area contributed by atoms with Crippen LogP contribution in [-0.2, 0) is 44.0 Å². The summed E-state index contributed by atoms with van der Waals surface area (Å²) >= 11 is 5.45. The number of hydrogen-bond acceptors (Lipinski definition) is 12. The fourth-order valence-electron chi connectivity index (χ4n) is 15.1. The Morgan fingerprint density at radius 2 is 0.989 bits per heavy atom. The highest BCUT2D eigenvalue weighted by Crippen LogP contribution is 2.42. The van der Waals surface area contributed by atoms with Crippen LogP contribution >= 0.6 is 11.6 Å². The molecule has 4 N–H and O–H groups in total. The Balaban J connectivity index is 0.000000127. The average Bonchev–Trinajstić information content (AvgIpc) is 1.84. The summed E-state index contributed by atoms with van der Waals surface area (Å²) in [7, 11) is -3.70. The van der Waals surface area contributed by atoms with Gasteiger partial charge in [0.05, 0.1) is 21.5 Å². The number of carbonyl (C=O) groups excluding carboxylic acids is 3. The van der Waals surface area contributed by atoms with Crippen LogP contribution in [0.4, 0.5) is 5.82 Å². The third kappa shape index (κ3) is 13.8. The van der Waals surface area contributed by atoms with E-state index in [1.54, 1.807) is 36.7 Å². The van der Waals surface area contributed by atoms with Gasteiger partial charge >= 0.3 is 0 Å². The van der Waals surface area contributed by atoms with Crippen LogP contribution in [0.25, 0.3) is 32.7 Å². The first-order valence-corrected chi connectivity index (χ1v) is 34.5. The van der Waals surface area contributed by atoms with Crippen molar-refractivity contribution in [3.63, 3.8) is 0 Å². The number of aromatic nitrogens is 5. The Morgan fingerprint density at radius 3 is 1.45 bits per heavy atom. The Kier molecular flexibility index (Phi) is 19.5. The monoisotopic (exact) mass is 1290 g/mol. The maximum Gasteiger partial charge on any atom is 0.268 e. The minimum absolute atomic E-state index is 0.0725. The van der Waals surface area contributed by atoms with E-state index in [1.165, 1.54) is 32.1 Å². The number of H-pyrrole nitrogens is 2. The van der Waals surface area contributed by atoms with Gasteiger partial charge in [0, 0.05) is 127 Å². The second kappa shape index (κ2) is 28.2. The summed E-state index contributed by atoms with van der Waals surface area (Å²) in [5.41, 5.74) is 8.42. The SMILES string of the molecule is Cc1ccc(S(=O)(=O)n2ccc3c(CN4C(=O)CCCC45CCNCC5)cccc32)cc1.N#Cc1ccc(Cl)nc1.N#Cc1ccc(N2CCC3(CCCC(=O)N3Cc3cccc4[nH]ccc34)CC2)nc1.O=C1CCCC2(CCNCC2)N1Cc1cccc2[nH]ccc12. The highest BCUT2D eigenvalue weighted by molar-refractivity contribution is 7.90. The molecule has 9 aromatic rings. The number of benzene rings is 4. The number of piperidine rings is 6. The lowest BCUT2D eigenvalue weighted by molar-refractivity contribution is -0.145. The molecule has 480 valence electrons. The van der Waals surface area contributed by atoms with Gasteiger partial charge in [0.25, 0.3) is 10.0 Å². The van der Waals surface area contributed by atoms with Gasteiger partial charge in [0.1, 0.15) is 23.1 Å². The maximum atomic E-state index is 13.3. The van der Waals surface area contributed by atoms with Crippen LogP contribution in [-0.4, -0.2) is 121 Å². The van der Waals surface area contributed by atoms with Gasteiger partial charge in [0.15, 0.2) is 0 Å². The Bertz CT molecular complexity index is 4310. The van der Waals surface area contributed by atoms with Crippen LogP contribution in [0.15, 0.2) is 157 Å². The van der Waals surface area contributed by atoms with Gasteiger partial charge in [-0.3, -0.25) is 14.4 Å². The van der Waals surface area contributed by atoms with Gasteiger partial charge in [-0.15, -0.1) is 0 Å². The van der Waals surface area contributed by atoms with E-state index in [2.05, 4.69) is 105 Å². The predicted molar refractivity (Wildman–Crippen MR) is 362 cm³/mol. The highest BCUT2D eigenvalue weighted by atomic mass is 35.5. The van der Waals surface area contributed by atoms with Crippen molar-refractivity contribution < 1.29 is 22.8 Å². The van der Waals surface area contributed by atoms with Crippen LogP contribution in [0.5, 0.6) is 0 Å². The minimum Gasteiger partial charge on any atom is -0.361 e. The van der Waals surface area contributed by atoms with Crippen molar-refractivity contribution in [1.82, 2.24) is 49.2 Å². The van der Waals surface area contributed by atoms with Gasteiger partial charge in [-0.25, -0.2) is 22.4 Å². The van der Waals surface area contributed by atoms with Crippen LogP contribution in [0.1, 0.15) is 130 Å². The second-order valence-electron chi connectivity index (χ2n) is 25.7. The van der Waals surface area contributed by atoms with Gasteiger partial charge in [0.2, 0.25) is 17.7 Å². The number of nitriles is 2. The zero-order valence-electron chi connectivity index (χ0n) is 52.8. The molecule has 11 heterocycles. The Labute approximate surface area is 549 Å². The molecule has 4 aromatic carbocycles. The lowest BCUT2D eigenvalue weighted by atomic mass is 9.78. The van der Waals surface area contributed by atoms with Crippen molar-refractivity contribution in [3.05, 3.63) is 191 Å². The number of aryl methyl sites for hydroxylation is 1. The largest absolute Gasteiger partial charge is 0.361 e. The number of carbonyl (C=O) groups is 3. The number of rotatable bonds is 9. The number of likely N-dealkylation sites (tertiary alicyclic amines) is 3. The number of fused-ring (bicyclic) bond motifs is 3. The van der Waals surface area contributed by atoms with E-state index in [0.717, 1.165) is 156 Å². The number of nitrogens with zero attached hydrogens (tertiary/aromatic N) is 9. The first-order chi connectivity index (χ1) is 45.2. The van der Waals surface area contributed by atoms with Crippen molar-refractivity contribution in [1.29, 1.82) is 10.5 Å². The molecule has 3 spiro atoms. The second-order valence-corrected chi connectivity index (χ2v) is 27.9. The van der Waals surface area contributed by atoms with Gasteiger partial charge in [-0.2, -0.15) is 10.5 Å². The first kappa shape index (κ1) is 64.3. The van der Waals surface area contributed by atoms with Crippen molar-refractivity contribution in [2.75, 3.05) is 44.2 Å². The number of halogens is 1. The Morgan fingerprint density at radius 1 is 0.527 bits per heavy atom. The van der Waals surface area contributed by atoms with Crippen LogP contribution < -0.4 is 15.5 Å². The summed E-state index contributed by atoms with van der Waals surface area (Å²) < 4.78 is 28.0. The molecular weight excluding hydrogens is 1210 g/mol. The standard InChI is InChI=1S/C25H29N3O3S.C24H25N5O.C18H23N3O.C6H3ClN2/c1-19-7-9-21(10-8-19)32(30,31)28-17-11-22-20(4-2-5-23(22)28)18-27-24(29)6-3-12-25(27)13-15-26-16-14-25;25-15-18-6-7-22(27-16-18)28-13-10-24(11-14-28)9-2-5-23(30)29(24)17-19-3-1-4-21-20(19)8-12-26-21;22-17-5-2-7-18(8-11-19-12-9-18)21(17)13-14-3-1-4-16-15(14)6-10-20-16;7-6-2-1-5(3-8)4-9-6/h2,4-5,7-11,17,26H,3,6,12-16,18H2,1H3;1,3-4,6-8,12,16,26H,2,5,9-11,13-14,17H2;1,3-4,6,10,19-20H,2,5,7-9,11-13H2;1-2,4H. The van der Waals surface area contributed by atoms with Crippen molar-refractivity contribution in [2.24, 2.45) is 0 Å². The van der Waals surface area contributed by atoms with Crippen LogP contribution in [0.2, 0.25) is 5.15 Å². The van der Waals surface area contributed by atoms with E-state index in [4.69, 9.17) is 22.1 Å². The Hall–Kier alpha value is -8.85. The molecule has 6 saturated heterocycles. The molecule has 0 unspecified atom stereocenters. The smallest absolute Gasteiger partial charge is 0.268 e. The van der Waals surface area contributed by atoms with Gasteiger partial charge in [-0.05, 0) is 200 Å². The minimum atomic E-state index is -3.70. The molecule has 5 aromatic heterocycles. The third-order valence-corrected chi connectivity index (χ3v) is 22.2. The molecule has 0 saturated carbocycles. The number of hydrogen-bond donors (Lipinski definition) is 4. The summed E-state index contributed by atoms with van der Waals surface area (Å²) in [6.45, 7) is 9.52. The lowest BCUT2D eigenvalue weighted by Crippen LogP contribution is -2.59. The summed E-state index contributed by atoms with van der Waals surface area (Å²) in [5, 5.41) is 27.9. The van der Waals surface area contributed by atoms with E-state index < -0.39 is 10.0 Å². The molecule has 0 bridgehead atoms. The van der Waals surface area contributed by atoms with Crippen molar-refractivity contribution in [2.45, 2.75) is 144 Å². The number of pyridine rings is 2. The number of amides is 3. The predicted octanol–water partition coefficient (Wildman–Crippen LogP) is 12.2. The van der Waals surface area contributed by atoms with Gasteiger partial charge in [-0.1, -0.05) is 65.7 Å². The number of aromatic amines is 2. The normalized spacial score (nSPS) is 18.5. The molecule has 6 fully saturated rings. The fraction of sp³-hybridized carbons (Fsp3) is 0.384. The lowest BCUT2D eigenvalue weighted by Gasteiger charge is -2.51. The van der Waals surface area contributed by atoms with Crippen LogP contribution in [0.3, 0.4) is 0 Å². The molecule has 93 heavy (non-hydrogen) atoms. The summed E-state index contributed by atoms with van der Waals surface area (Å²) in [5.74, 6) is 1.73. The third-order valence-electron chi connectivity index (χ3n) is 20.3. The van der Waals surface area contributed by atoms with Crippen LogP contribution in [0, 0.1) is 29.6 Å². The zero-order chi connectivity index (χ0) is 64.6. The summed E-state index contributed by atoms with van der Waals surface area (Å²) in [6.07, 6.45) is 22.8. The molecule has 0 aliphatic carbocycles. The highest BCUT2D eigenvalue weighted by Gasteiger charge is 2.46. The maximum absolute atomic E-state index is 13.3. The molecule has 0 atom stereocenters. The number of anilines is 1. The van der Waals surface area contributed by atoms with Crippen molar-refractivity contribution >= 4 is 77.9 Å². The molecule has 0 radical (unpaired) electrons. The quantitative estimate of drug-likeness (QED) is 0.0989. The van der Waals surface area contributed by atoms with E-state index in [0.29, 0.717) is 60.1 Å². The van der Waals surface area contributed by atoms with E-state index in [9.17, 15) is 22.8 Å². The van der Waals surface area contributed by atoms with E-state index >= 15 is 0 Å². The molecule has 6 aliphatic rings. The number of nitrogens with one attached hydrogen (secondary N) is 4. The van der Waals surface area contributed by atoms with E-state index in [-0.39, 0.29) is 33.3 Å². The molecule has 20 heteroatoms. The summed E-state index contributed by atoms with van der Waals surface area (Å²) in [4.78, 5) is 62.3. The molecule has 3 amide bonds. The van der Waals surface area contributed by atoms with Crippen molar-refractivity contribution in [3.8, 4) is 12.1 Å². The molecule has 6 aliphatic heterocycles. The topological polar surface area (TPSA) is 232 Å².